The van der Waals surface area contributed by atoms with Gasteiger partial charge in [-0.15, -0.1) is 13.2 Å². The molecule has 8 rings (SSSR count). The van der Waals surface area contributed by atoms with Gasteiger partial charge in [-0.3, -0.25) is 9.97 Å². The second-order valence-electron chi connectivity index (χ2n) is 11.0. The van der Waals surface area contributed by atoms with Crippen LogP contribution in [-0.2, 0) is 0 Å². The van der Waals surface area contributed by atoms with Gasteiger partial charge >= 0.3 is 0 Å². The van der Waals surface area contributed by atoms with Gasteiger partial charge in [0.2, 0.25) is 0 Å². The van der Waals surface area contributed by atoms with Gasteiger partial charge in [-0.05, 0) is 85.8 Å². The third-order valence-corrected chi connectivity index (χ3v) is 8.31. The van der Waals surface area contributed by atoms with E-state index in [1.165, 1.54) is 65.5 Å². The van der Waals surface area contributed by atoms with E-state index in [4.69, 9.17) is 0 Å². The average Bonchev–Trinajstić information content (AvgIpc) is 3.15. The lowest BCUT2D eigenvalue weighted by atomic mass is 9.87. The number of hydrogen-bond acceptors (Lipinski definition) is 2. The maximum atomic E-state index is 4.64. The Hall–Kier alpha value is -6.12. The summed E-state index contributed by atoms with van der Waals surface area (Å²) in [5.74, 6) is 0. The van der Waals surface area contributed by atoms with Crippen LogP contribution in [-0.4, -0.2) is 9.97 Å². The van der Waals surface area contributed by atoms with Gasteiger partial charge in [0.25, 0.3) is 0 Å². The summed E-state index contributed by atoms with van der Waals surface area (Å²) in [6.07, 6.45) is 13.2. The number of aromatic nitrogens is 2. The van der Waals surface area contributed by atoms with Crippen molar-refractivity contribution in [1.82, 2.24) is 9.97 Å². The molecule has 0 amide bonds. The first kappa shape index (κ1) is 30.9. The van der Waals surface area contributed by atoms with Crippen LogP contribution in [0.25, 0.3) is 76.7 Å². The molecule has 0 aliphatic rings. The van der Waals surface area contributed by atoms with E-state index in [2.05, 4.69) is 139 Å². The van der Waals surface area contributed by atoms with Gasteiger partial charge in [-0.25, -0.2) is 0 Å². The van der Waals surface area contributed by atoms with Crippen LogP contribution in [0.5, 0.6) is 0 Å². The zero-order valence-electron chi connectivity index (χ0n) is 26.6. The van der Waals surface area contributed by atoms with Gasteiger partial charge in [-0.1, -0.05) is 134 Å². The quantitative estimate of drug-likeness (QED) is 0.111. The first-order chi connectivity index (χ1) is 23.3. The highest BCUT2D eigenvalue weighted by Gasteiger charge is 2.15. The smallest absolute Gasteiger partial charge is 0.0708 e. The molecule has 2 aromatic heterocycles. The minimum atomic E-state index is 1.00. The van der Waals surface area contributed by atoms with Gasteiger partial charge in [0.15, 0.2) is 0 Å². The average molecular weight is 605 g/mol. The van der Waals surface area contributed by atoms with Gasteiger partial charge in [0.1, 0.15) is 0 Å². The van der Waals surface area contributed by atoms with Crippen molar-refractivity contribution in [2.24, 2.45) is 0 Å². The predicted molar refractivity (Wildman–Crippen MR) is 205 cm³/mol. The largest absolute Gasteiger partial charge is 0.256 e. The monoisotopic (exact) mass is 604 g/mol. The lowest BCUT2D eigenvalue weighted by Gasteiger charge is -2.16. The Balaban J connectivity index is 0.000000384. The highest BCUT2D eigenvalue weighted by Crippen LogP contribution is 2.42. The summed E-state index contributed by atoms with van der Waals surface area (Å²) >= 11 is 0. The van der Waals surface area contributed by atoms with Crippen molar-refractivity contribution < 1.29 is 0 Å². The molecule has 226 valence electrons. The molecule has 0 fully saturated rings. The summed E-state index contributed by atoms with van der Waals surface area (Å²) in [5.41, 5.74) is 8.07. The number of benzene rings is 6. The maximum absolute atomic E-state index is 4.64. The Bertz CT molecular complexity index is 2340. The first-order valence-electron chi connectivity index (χ1n) is 15.7. The summed E-state index contributed by atoms with van der Waals surface area (Å²) in [5, 5.41) is 8.85. The third-order valence-electron chi connectivity index (χ3n) is 8.31. The molecule has 0 saturated carbocycles. The molecule has 0 aliphatic heterocycles. The van der Waals surface area contributed by atoms with E-state index in [1.807, 2.05) is 55.8 Å². The lowest BCUT2D eigenvalue weighted by Crippen LogP contribution is -1.90. The number of fused-ring (bicyclic) bond motifs is 1. The van der Waals surface area contributed by atoms with Crippen molar-refractivity contribution >= 4 is 43.2 Å². The number of pyridine rings is 2. The SMILES string of the molecule is C=C.C=C/C=C\C=C/C.c1ccc(-c2ccc3ccc4c(-c5ccc(-c6cccc7ncccc67)cc5)ccc5ccc2c3c54)nc1. The van der Waals surface area contributed by atoms with E-state index >= 15 is 0 Å². The standard InChI is InChI=1S/C36H22N2.C7H10.C2H4/c1-2-21-37-33(7-1)30-18-14-26-15-19-31-28(17-13-25-16-20-32(30)36(26)35(25)31)24-11-9-23(10-12-24)27-5-3-8-34-29(27)6-4-22-38-34;1-3-5-7-6-4-2;1-2/h1-22H;3-7H,1H2,2H3;1-2H2/b;6-4-,7-5-;. The summed E-state index contributed by atoms with van der Waals surface area (Å²) in [6.45, 7) is 11.5. The van der Waals surface area contributed by atoms with E-state index in [1.54, 1.807) is 6.08 Å². The third kappa shape index (κ3) is 6.10. The van der Waals surface area contributed by atoms with Gasteiger partial charge in [0, 0.05) is 23.3 Å². The van der Waals surface area contributed by atoms with Crippen LogP contribution in [0.15, 0.2) is 184 Å². The second-order valence-corrected chi connectivity index (χ2v) is 11.0. The van der Waals surface area contributed by atoms with E-state index in [9.17, 15) is 0 Å². The number of nitrogens with zero attached hydrogens (tertiary/aromatic N) is 2. The molecular weight excluding hydrogens is 569 g/mol. The summed E-state index contributed by atoms with van der Waals surface area (Å²) in [7, 11) is 0. The van der Waals surface area contributed by atoms with Crippen molar-refractivity contribution in [3.8, 4) is 33.5 Å². The van der Waals surface area contributed by atoms with E-state index in [0.717, 1.165) is 11.2 Å². The number of allylic oxidation sites excluding steroid dienone is 5. The highest BCUT2D eigenvalue weighted by molar-refractivity contribution is 6.27. The van der Waals surface area contributed by atoms with Crippen molar-refractivity contribution in [1.29, 1.82) is 0 Å². The molecule has 0 radical (unpaired) electrons. The topological polar surface area (TPSA) is 25.8 Å². The summed E-state index contributed by atoms with van der Waals surface area (Å²) < 4.78 is 0. The van der Waals surface area contributed by atoms with E-state index in [-0.39, 0.29) is 0 Å². The number of hydrogen-bond donors (Lipinski definition) is 0. The molecule has 0 N–H and O–H groups in total. The van der Waals surface area contributed by atoms with Crippen LogP contribution in [0.1, 0.15) is 6.92 Å². The maximum Gasteiger partial charge on any atom is 0.0708 e. The summed E-state index contributed by atoms with van der Waals surface area (Å²) in [6, 6.07) is 43.5. The van der Waals surface area contributed by atoms with Crippen LogP contribution in [0.2, 0.25) is 0 Å². The zero-order valence-corrected chi connectivity index (χ0v) is 26.6. The molecule has 0 spiro atoms. The van der Waals surface area contributed by atoms with Crippen LogP contribution in [0.4, 0.5) is 0 Å². The molecular formula is C45H36N2. The minimum absolute atomic E-state index is 1.00. The van der Waals surface area contributed by atoms with Crippen molar-refractivity contribution in [2.45, 2.75) is 6.92 Å². The molecule has 2 nitrogen and oxygen atoms in total. The zero-order chi connectivity index (χ0) is 32.6. The van der Waals surface area contributed by atoms with E-state index in [0.29, 0.717) is 0 Å². The Labute approximate surface area is 276 Å². The van der Waals surface area contributed by atoms with Crippen LogP contribution < -0.4 is 0 Å². The summed E-state index contributed by atoms with van der Waals surface area (Å²) in [4.78, 5) is 9.17. The molecule has 2 heteroatoms. The van der Waals surface area contributed by atoms with E-state index < -0.39 is 0 Å². The normalized spacial score (nSPS) is 11.2. The Morgan fingerprint density at radius 1 is 0.489 bits per heavy atom. The molecule has 0 aliphatic carbocycles. The molecule has 0 atom stereocenters. The fourth-order valence-corrected chi connectivity index (χ4v) is 6.24. The van der Waals surface area contributed by atoms with Crippen molar-refractivity contribution in [3.63, 3.8) is 0 Å². The first-order valence-corrected chi connectivity index (χ1v) is 15.7. The van der Waals surface area contributed by atoms with Crippen LogP contribution in [0.3, 0.4) is 0 Å². The fraction of sp³-hybridized carbons (Fsp3) is 0.0222. The molecule has 0 saturated heterocycles. The molecule has 47 heavy (non-hydrogen) atoms. The fourth-order valence-electron chi connectivity index (χ4n) is 6.24. The van der Waals surface area contributed by atoms with Gasteiger partial charge < -0.3 is 0 Å². The van der Waals surface area contributed by atoms with Gasteiger partial charge in [-0.2, -0.15) is 0 Å². The Kier molecular flexibility index (Phi) is 9.41. The van der Waals surface area contributed by atoms with Crippen LogP contribution in [0, 0.1) is 0 Å². The molecule has 8 aromatic rings. The number of rotatable bonds is 5. The predicted octanol–water partition coefficient (Wildman–Crippen LogP) is 12.6. The second kappa shape index (κ2) is 14.3. The van der Waals surface area contributed by atoms with Crippen LogP contribution >= 0.6 is 0 Å². The molecule has 2 heterocycles. The van der Waals surface area contributed by atoms with Crippen molar-refractivity contribution in [2.75, 3.05) is 0 Å². The lowest BCUT2D eigenvalue weighted by molar-refractivity contribution is 1.33. The van der Waals surface area contributed by atoms with Crippen molar-refractivity contribution in [3.05, 3.63) is 184 Å². The highest BCUT2D eigenvalue weighted by atomic mass is 14.7. The van der Waals surface area contributed by atoms with Gasteiger partial charge in [0.05, 0.1) is 11.2 Å². The molecule has 0 bridgehead atoms. The molecule has 0 unspecified atom stereocenters. The molecule has 6 aromatic carbocycles. The Morgan fingerprint density at radius 3 is 1.74 bits per heavy atom. The Morgan fingerprint density at radius 2 is 1.11 bits per heavy atom. The minimum Gasteiger partial charge on any atom is -0.256 e.